The van der Waals surface area contributed by atoms with E-state index in [-0.39, 0.29) is 0 Å². The van der Waals surface area contributed by atoms with Gasteiger partial charge in [-0.05, 0) is 24.9 Å². The van der Waals surface area contributed by atoms with Gasteiger partial charge < -0.3 is 4.79 Å². The van der Waals surface area contributed by atoms with Gasteiger partial charge in [0.05, 0.1) is 6.54 Å². The van der Waals surface area contributed by atoms with Crippen molar-refractivity contribution in [1.29, 1.82) is 0 Å². The zero-order chi connectivity index (χ0) is 8.81. The Hall–Kier alpha value is -0.670. The highest BCUT2D eigenvalue weighted by Gasteiger charge is 1.98. The minimum atomic E-state index is 0.533. The van der Waals surface area contributed by atoms with E-state index in [0.29, 0.717) is 6.54 Å². The highest BCUT2D eigenvalue weighted by molar-refractivity contribution is 7.09. The first kappa shape index (κ1) is 9.42. The predicted molar refractivity (Wildman–Crippen MR) is 51.6 cm³/mol. The van der Waals surface area contributed by atoms with Crippen LogP contribution in [0.5, 0.6) is 0 Å². The summed E-state index contributed by atoms with van der Waals surface area (Å²) in [5.41, 5.74) is 0. The van der Waals surface area contributed by atoms with Gasteiger partial charge in [0.2, 0.25) is 0 Å². The highest BCUT2D eigenvalue weighted by atomic mass is 32.1. The summed E-state index contributed by atoms with van der Waals surface area (Å²) in [6.07, 6.45) is 1.98. The molecular formula is C9H13NOS. The lowest BCUT2D eigenvalue weighted by atomic mass is 10.3. The summed E-state index contributed by atoms with van der Waals surface area (Å²) in [6.45, 7) is 1.49. The highest BCUT2D eigenvalue weighted by Crippen LogP contribution is 2.08. The van der Waals surface area contributed by atoms with Gasteiger partial charge >= 0.3 is 0 Å². The minimum absolute atomic E-state index is 0.533. The van der Waals surface area contributed by atoms with Crippen molar-refractivity contribution in [2.45, 2.75) is 6.42 Å². The van der Waals surface area contributed by atoms with E-state index in [1.54, 1.807) is 11.3 Å². The van der Waals surface area contributed by atoms with E-state index in [2.05, 4.69) is 17.5 Å². The van der Waals surface area contributed by atoms with E-state index in [4.69, 9.17) is 0 Å². The van der Waals surface area contributed by atoms with E-state index in [1.165, 1.54) is 4.88 Å². The van der Waals surface area contributed by atoms with Crippen LogP contribution in [0, 0.1) is 0 Å². The number of carbonyl (C=O) groups excluding carboxylic acids is 1. The Morgan fingerprint density at radius 3 is 3.08 bits per heavy atom. The Morgan fingerprint density at radius 2 is 2.50 bits per heavy atom. The second-order valence-electron chi connectivity index (χ2n) is 2.76. The number of carbonyl (C=O) groups is 1. The third kappa shape index (κ3) is 3.15. The Bertz CT molecular complexity index is 220. The molecule has 0 fully saturated rings. The van der Waals surface area contributed by atoms with Crippen LogP contribution in [0.2, 0.25) is 0 Å². The van der Waals surface area contributed by atoms with Crippen molar-refractivity contribution in [1.82, 2.24) is 4.90 Å². The van der Waals surface area contributed by atoms with Crippen molar-refractivity contribution >= 4 is 17.6 Å². The van der Waals surface area contributed by atoms with Crippen LogP contribution >= 0.6 is 11.3 Å². The molecule has 1 aromatic rings. The lowest BCUT2D eigenvalue weighted by Crippen LogP contribution is -2.22. The van der Waals surface area contributed by atoms with Gasteiger partial charge in [0.25, 0.3) is 0 Å². The standard InChI is InChI=1S/C9H13NOS/c1-10(6-7-11)5-4-9-3-2-8-12-9/h2-3,7-8H,4-6H2,1H3. The van der Waals surface area contributed by atoms with Gasteiger partial charge in [-0.25, -0.2) is 0 Å². The van der Waals surface area contributed by atoms with Crippen molar-refractivity contribution in [3.63, 3.8) is 0 Å². The van der Waals surface area contributed by atoms with Crippen molar-refractivity contribution in [3.8, 4) is 0 Å². The lowest BCUT2D eigenvalue weighted by Gasteiger charge is -2.11. The van der Waals surface area contributed by atoms with Crippen LogP contribution < -0.4 is 0 Å². The minimum Gasteiger partial charge on any atom is -0.302 e. The van der Waals surface area contributed by atoms with Crippen molar-refractivity contribution in [3.05, 3.63) is 22.4 Å². The zero-order valence-electron chi connectivity index (χ0n) is 7.19. The van der Waals surface area contributed by atoms with Crippen LogP contribution in [0.1, 0.15) is 4.88 Å². The summed E-state index contributed by atoms with van der Waals surface area (Å²) in [6, 6.07) is 4.18. The van der Waals surface area contributed by atoms with E-state index in [1.807, 2.05) is 11.9 Å². The molecule has 0 bridgehead atoms. The van der Waals surface area contributed by atoms with Gasteiger partial charge in [-0.15, -0.1) is 11.3 Å². The molecule has 3 heteroatoms. The summed E-state index contributed by atoms with van der Waals surface area (Å²) < 4.78 is 0. The molecule has 1 aromatic heterocycles. The molecule has 0 aliphatic carbocycles. The SMILES string of the molecule is CN(CC=O)CCc1cccs1. The van der Waals surface area contributed by atoms with Gasteiger partial charge in [0.1, 0.15) is 6.29 Å². The van der Waals surface area contributed by atoms with Crippen molar-refractivity contribution in [2.75, 3.05) is 20.1 Å². The maximum atomic E-state index is 10.1. The van der Waals surface area contributed by atoms with Gasteiger partial charge in [0.15, 0.2) is 0 Å². The maximum absolute atomic E-state index is 10.1. The average Bonchev–Trinajstić information content (AvgIpc) is 2.53. The first-order valence-electron chi connectivity index (χ1n) is 3.97. The first-order chi connectivity index (χ1) is 5.83. The molecule has 0 aliphatic heterocycles. The van der Waals surface area contributed by atoms with Crippen molar-refractivity contribution in [2.24, 2.45) is 0 Å². The Kier molecular flexibility index (Phi) is 3.97. The molecule has 0 aliphatic rings. The van der Waals surface area contributed by atoms with Crippen LogP contribution in [-0.2, 0) is 11.2 Å². The van der Waals surface area contributed by atoms with E-state index < -0.39 is 0 Å². The molecular weight excluding hydrogens is 170 g/mol. The molecule has 0 radical (unpaired) electrons. The summed E-state index contributed by atoms with van der Waals surface area (Å²) in [7, 11) is 1.96. The number of thiophene rings is 1. The Labute approximate surface area is 76.8 Å². The van der Waals surface area contributed by atoms with Crippen LogP contribution in [0.15, 0.2) is 17.5 Å². The van der Waals surface area contributed by atoms with Gasteiger partial charge in [-0.2, -0.15) is 0 Å². The molecule has 2 nitrogen and oxygen atoms in total. The van der Waals surface area contributed by atoms with Crippen LogP contribution in [0.25, 0.3) is 0 Å². The van der Waals surface area contributed by atoms with Crippen LogP contribution in [0.4, 0.5) is 0 Å². The van der Waals surface area contributed by atoms with E-state index >= 15 is 0 Å². The molecule has 0 saturated carbocycles. The summed E-state index contributed by atoms with van der Waals surface area (Å²) in [4.78, 5) is 13.5. The Morgan fingerprint density at radius 1 is 1.67 bits per heavy atom. The largest absolute Gasteiger partial charge is 0.302 e. The fourth-order valence-electron chi connectivity index (χ4n) is 0.974. The molecule has 0 amide bonds. The van der Waals surface area contributed by atoms with Gasteiger partial charge in [0, 0.05) is 11.4 Å². The predicted octanol–water partition coefficient (Wildman–Crippen LogP) is 1.42. The average molecular weight is 183 g/mol. The summed E-state index contributed by atoms with van der Waals surface area (Å²) in [5.74, 6) is 0. The zero-order valence-corrected chi connectivity index (χ0v) is 8.01. The fourth-order valence-corrected chi connectivity index (χ4v) is 1.67. The van der Waals surface area contributed by atoms with Gasteiger partial charge in [-0.1, -0.05) is 6.07 Å². The molecule has 12 heavy (non-hydrogen) atoms. The molecule has 1 rings (SSSR count). The molecule has 0 atom stereocenters. The quantitative estimate of drug-likeness (QED) is 0.643. The third-order valence-corrected chi connectivity index (χ3v) is 2.64. The number of hydrogen-bond acceptors (Lipinski definition) is 3. The van der Waals surface area contributed by atoms with Gasteiger partial charge in [-0.3, -0.25) is 4.90 Å². The van der Waals surface area contributed by atoms with Crippen molar-refractivity contribution < 1.29 is 4.79 Å². The van der Waals surface area contributed by atoms with Crippen LogP contribution in [-0.4, -0.2) is 31.3 Å². The second kappa shape index (κ2) is 5.06. The molecule has 0 N–H and O–H groups in total. The molecule has 0 aromatic carbocycles. The topological polar surface area (TPSA) is 20.3 Å². The molecule has 1 heterocycles. The first-order valence-corrected chi connectivity index (χ1v) is 4.85. The molecule has 0 unspecified atom stereocenters. The maximum Gasteiger partial charge on any atom is 0.133 e. The third-order valence-electron chi connectivity index (χ3n) is 1.71. The Balaban J connectivity index is 2.21. The number of rotatable bonds is 5. The number of aldehydes is 1. The number of nitrogens with zero attached hydrogens (tertiary/aromatic N) is 1. The van der Waals surface area contributed by atoms with Crippen LogP contribution in [0.3, 0.4) is 0 Å². The molecule has 0 spiro atoms. The molecule has 0 saturated heterocycles. The summed E-state index contributed by atoms with van der Waals surface area (Å²) >= 11 is 1.77. The van der Waals surface area contributed by atoms with E-state index in [0.717, 1.165) is 19.3 Å². The second-order valence-corrected chi connectivity index (χ2v) is 3.79. The lowest BCUT2D eigenvalue weighted by molar-refractivity contribution is -0.108. The normalized spacial score (nSPS) is 10.5. The smallest absolute Gasteiger partial charge is 0.133 e. The number of hydrogen-bond donors (Lipinski definition) is 0. The molecule has 66 valence electrons. The summed E-state index contributed by atoms with van der Waals surface area (Å²) in [5, 5.41) is 2.08. The van der Waals surface area contributed by atoms with E-state index in [9.17, 15) is 4.79 Å². The monoisotopic (exact) mass is 183 g/mol. The number of likely N-dealkylation sites (N-methyl/N-ethyl adjacent to an activating group) is 1. The fraction of sp³-hybridized carbons (Fsp3) is 0.444.